The monoisotopic (exact) mass is 504 g/mol. The molecule has 3 N–H and O–H groups in total. The summed E-state index contributed by atoms with van der Waals surface area (Å²) in [6, 6.07) is 8.40. The Hall–Kier alpha value is -2.36. The predicted molar refractivity (Wildman–Crippen MR) is 139 cm³/mol. The highest BCUT2D eigenvalue weighted by Crippen LogP contribution is 2.33. The van der Waals surface area contributed by atoms with Crippen molar-refractivity contribution in [1.82, 2.24) is 20.9 Å². The van der Waals surface area contributed by atoms with Crippen LogP contribution in [0.1, 0.15) is 49.3 Å². The highest BCUT2D eigenvalue weighted by atomic mass is 16.5. The quantitative estimate of drug-likeness (QED) is 0.400. The Morgan fingerprint density at radius 1 is 1.25 bits per heavy atom. The summed E-state index contributed by atoms with van der Waals surface area (Å²) in [5.74, 6) is 0.656. The topological polar surface area (TPSA) is 101 Å². The molecule has 3 amide bonds. The fourth-order valence-electron chi connectivity index (χ4n) is 5.31. The molecule has 0 aromatic heterocycles. The van der Waals surface area contributed by atoms with Crippen LogP contribution in [0, 0.1) is 18.8 Å². The molecule has 1 aromatic carbocycles. The number of likely N-dealkylation sites (tertiary alicyclic amines) is 1. The van der Waals surface area contributed by atoms with E-state index in [0.29, 0.717) is 25.6 Å². The molecule has 9 nitrogen and oxygen atoms in total. The second-order valence-corrected chi connectivity index (χ2v) is 10.00. The first-order chi connectivity index (χ1) is 17.5. The number of hydrogen-bond acceptors (Lipinski definition) is 6. The summed E-state index contributed by atoms with van der Waals surface area (Å²) in [5.41, 5.74) is 2.27. The number of nitrogens with zero attached hydrogens (tertiary/aromatic N) is 1. The normalized spacial score (nSPS) is 21.9. The summed E-state index contributed by atoms with van der Waals surface area (Å²) in [5, 5.41) is 9.18. The van der Waals surface area contributed by atoms with Gasteiger partial charge in [-0.3, -0.25) is 0 Å². The Labute approximate surface area is 215 Å². The van der Waals surface area contributed by atoms with Crippen molar-refractivity contribution >= 4 is 12.1 Å². The molecule has 2 aliphatic rings. The molecule has 0 spiro atoms. The van der Waals surface area contributed by atoms with Crippen molar-refractivity contribution in [2.45, 2.75) is 51.2 Å². The highest BCUT2D eigenvalue weighted by Gasteiger charge is 2.32. The van der Waals surface area contributed by atoms with E-state index in [0.717, 1.165) is 64.0 Å². The van der Waals surface area contributed by atoms with E-state index in [9.17, 15) is 9.59 Å². The number of amides is 3. The molecule has 0 saturated carbocycles. The minimum absolute atomic E-state index is 0.00738. The molecule has 202 valence electrons. The smallest absolute Gasteiger partial charge is 0.406 e. The van der Waals surface area contributed by atoms with E-state index in [1.54, 1.807) is 0 Å². The van der Waals surface area contributed by atoms with Gasteiger partial charge in [-0.1, -0.05) is 29.8 Å². The van der Waals surface area contributed by atoms with E-state index in [4.69, 9.17) is 9.47 Å². The van der Waals surface area contributed by atoms with Crippen LogP contribution in [-0.4, -0.2) is 83.2 Å². The number of carbonyl (C=O) groups is 2. The van der Waals surface area contributed by atoms with Crippen LogP contribution in [0.4, 0.5) is 9.59 Å². The van der Waals surface area contributed by atoms with Gasteiger partial charge in [0.25, 0.3) is 0 Å². The summed E-state index contributed by atoms with van der Waals surface area (Å²) in [4.78, 5) is 26.6. The van der Waals surface area contributed by atoms with Gasteiger partial charge >= 0.3 is 12.1 Å². The van der Waals surface area contributed by atoms with E-state index in [1.807, 2.05) is 18.0 Å². The Bertz CT molecular complexity index is 817. The fraction of sp³-hybridized carbons (Fsp3) is 0.704. The van der Waals surface area contributed by atoms with Gasteiger partial charge in [-0.25, -0.2) is 9.59 Å². The molecule has 1 unspecified atom stereocenters. The fourth-order valence-corrected chi connectivity index (χ4v) is 5.31. The molecule has 36 heavy (non-hydrogen) atoms. The molecule has 9 heteroatoms. The number of hydrogen-bond donors (Lipinski definition) is 3. The summed E-state index contributed by atoms with van der Waals surface area (Å²) < 4.78 is 16.6. The Morgan fingerprint density at radius 3 is 2.83 bits per heavy atom. The molecular formula is C27H44N4O5. The van der Waals surface area contributed by atoms with Crippen molar-refractivity contribution in [3.05, 3.63) is 35.4 Å². The number of likely N-dealkylation sites (N-methyl/N-ethyl adjacent to an activating group) is 1. The van der Waals surface area contributed by atoms with Gasteiger partial charge in [0.05, 0.1) is 19.8 Å². The third kappa shape index (κ3) is 8.94. The predicted octanol–water partition coefficient (Wildman–Crippen LogP) is 3.24. The minimum atomic E-state index is -0.470. The number of piperidine rings is 1. The number of aryl methyl sites for hydroxylation is 1. The number of benzene rings is 1. The van der Waals surface area contributed by atoms with Crippen LogP contribution in [-0.2, 0) is 14.2 Å². The number of nitrogens with one attached hydrogen (secondary N) is 3. The van der Waals surface area contributed by atoms with Crippen LogP contribution in [0.3, 0.4) is 0 Å². The SMILES string of the molecule is CNC[C@H](CC1CCCOC1)NC(=O)N1CCC[C@@H]([C@@H](OCCNC(=O)OC)c2cccc(C)c2)C1. The number of methoxy groups -OCH3 is 1. The van der Waals surface area contributed by atoms with Crippen LogP contribution < -0.4 is 16.0 Å². The van der Waals surface area contributed by atoms with E-state index in [1.165, 1.54) is 12.7 Å². The first-order valence-electron chi connectivity index (χ1n) is 13.3. The van der Waals surface area contributed by atoms with E-state index < -0.39 is 6.09 Å². The molecule has 2 aliphatic heterocycles. The number of rotatable bonds is 11. The van der Waals surface area contributed by atoms with Crippen LogP contribution in [0.15, 0.2) is 24.3 Å². The molecule has 2 heterocycles. The number of carbonyl (C=O) groups excluding carboxylic acids is 2. The van der Waals surface area contributed by atoms with Gasteiger partial charge < -0.3 is 35.1 Å². The molecule has 0 radical (unpaired) electrons. The van der Waals surface area contributed by atoms with E-state index >= 15 is 0 Å². The number of alkyl carbamates (subject to hydrolysis) is 1. The van der Waals surface area contributed by atoms with Crippen molar-refractivity contribution in [3.8, 4) is 0 Å². The van der Waals surface area contributed by atoms with E-state index in [2.05, 4.69) is 45.8 Å². The van der Waals surface area contributed by atoms with Crippen molar-refractivity contribution in [2.24, 2.45) is 11.8 Å². The molecule has 0 aliphatic carbocycles. The zero-order chi connectivity index (χ0) is 25.8. The van der Waals surface area contributed by atoms with Gasteiger partial charge in [0.1, 0.15) is 0 Å². The lowest BCUT2D eigenvalue weighted by atomic mass is 9.88. The maximum atomic E-state index is 13.3. The molecule has 1 aromatic rings. The van der Waals surface area contributed by atoms with Gasteiger partial charge in [0.2, 0.25) is 0 Å². The third-order valence-corrected chi connectivity index (χ3v) is 7.05. The van der Waals surface area contributed by atoms with Gasteiger partial charge in [0, 0.05) is 51.4 Å². The number of urea groups is 1. The van der Waals surface area contributed by atoms with Gasteiger partial charge in [-0.05, 0) is 57.6 Å². The molecular weight excluding hydrogens is 460 g/mol. The summed E-state index contributed by atoms with van der Waals surface area (Å²) in [7, 11) is 3.27. The van der Waals surface area contributed by atoms with Crippen LogP contribution >= 0.6 is 0 Å². The standard InChI is InChI=1S/C27H44N4O5/c1-20-7-4-9-22(15-20)25(36-14-11-29-27(33)34-3)23-10-5-12-31(18-23)26(32)30-24(17-28-2)16-21-8-6-13-35-19-21/h4,7,9,15,21,23-25,28H,5-6,8,10-14,16-19H2,1-3H3,(H,29,33)(H,30,32)/t21?,23-,24+,25+/m1/s1. The Morgan fingerprint density at radius 2 is 2.11 bits per heavy atom. The largest absolute Gasteiger partial charge is 0.453 e. The summed E-state index contributed by atoms with van der Waals surface area (Å²) in [6.45, 7) is 6.53. The minimum Gasteiger partial charge on any atom is -0.453 e. The second kappa shape index (κ2) is 15.0. The molecule has 4 atom stereocenters. The maximum absolute atomic E-state index is 13.3. The van der Waals surface area contributed by atoms with Gasteiger partial charge in [0.15, 0.2) is 0 Å². The van der Waals surface area contributed by atoms with Crippen molar-refractivity contribution in [1.29, 1.82) is 0 Å². The lowest BCUT2D eigenvalue weighted by Crippen LogP contribution is -2.52. The lowest BCUT2D eigenvalue weighted by molar-refractivity contribution is -0.00876. The summed E-state index contributed by atoms with van der Waals surface area (Å²) >= 11 is 0. The first-order valence-corrected chi connectivity index (χ1v) is 13.3. The zero-order valence-corrected chi connectivity index (χ0v) is 22.1. The van der Waals surface area contributed by atoms with Gasteiger partial charge in [-0.15, -0.1) is 0 Å². The lowest BCUT2D eigenvalue weighted by Gasteiger charge is -2.38. The van der Waals surface area contributed by atoms with E-state index in [-0.39, 0.29) is 24.1 Å². The first kappa shape index (κ1) is 28.2. The van der Waals surface area contributed by atoms with Crippen LogP contribution in [0.2, 0.25) is 0 Å². The van der Waals surface area contributed by atoms with Gasteiger partial charge in [-0.2, -0.15) is 0 Å². The Kier molecular flexibility index (Phi) is 11.8. The molecule has 0 bridgehead atoms. The third-order valence-electron chi connectivity index (χ3n) is 7.05. The van der Waals surface area contributed by atoms with Crippen molar-refractivity contribution in [3.63, 3.8) is 0 Å². The van der Waals surface area contributed by atoms with Crippen LogP contribution in [0.25, 0.3) is 0 Å². The second-order valence-electron chi connectivity index (χ2n) is 10.00. The number of ether oxygens (including phenoxy) is 3. The van der Waals surface area contributed by atoms with Crippen molar-refractivity contribution in [2.75, 3.05) is 60.2 Å². The zero-order valence-electron chi connectivity index (χ0n) is 22.1. The molecule has 3 rings (SSSR count). The maximum Gasteiger partial charge on any atom is 0.406 e. The highest BCUT2D eigenvalue weighted by molar-refractivity contribution is 5.74. The van der Waals surface area contributed by atoms with Crippen LogP contribution in [0.5, 0.6) is 0 Å². The average molecular weight is 505 g/mol. The summed E-state index contributed by atoms with van der Waals surface area (Å²) in [6.07, 6.45) is 4.45. The molecule has 2 fully saturated rings. The Balaban J connectivity index is 1.62. The molecule has 2 saturated heterocycles. The van der Waals surface area contributed by atoms with Crippen molar-refractivity contribution < 1.29 is 23.8 Å². The average Bonchev–Trinajstić information content (AvgIpc) is 2.89.